The van der Waals surface area contributed by atoms with Gasteiger partial charge in [-0.25, -0.2) is 0 Å². The van der Waals surface area contributed by atoms with Crippen LogP contribution in [-0.4, -0.2) is 36.8 Å². The molecule has 1 saturated carbocycles. The van der Waals surface area contributed by atoms with Crippen LogP contribution < -0.4 is 5.32 Å². The highest BCUT2D eigenvalue weighted by Gasteiger charge is 2.44. The topological polar surface area (TPSA) is 21.3 Å². The maximum atomic E-state index is 6.25. The van der Waals surface area contributed by atoms with Crippen molar-refractivity contribution in [3.63, 3.8) is 0 Å². The van der Waals surface area contributed by atoms with Gasteiger partial charge in [0.2, 0.25) is 0 Å². The molecule has 3 aliphatic rings. The standard InChI is InChI=1S/C18H33NOS/c1-3-19-12-16-5-4-14(2)10-17(16)15-6-8-20-18(11-15)7-9-21-13-18/h14-17,19H,3-13H2,1-2H3. The van der Waals surface area contributed by atoms with Gasteiger partial charge in [-0.15, -0.1) is 0 Å². The predicted octanol–water partition coefficient (Wildman–Crippen LogP) is 3.95. The fraction of sp³-hybridized carbons (Fsp3) is 1.00. The first-order valence-electron chi connectivity index (χ1n) is 9.15. The Balaban J connectivity index is 1.66. The molecule has 0 bridgehead atoms. The Morgan fingerprint density at radius 1 is 1.29 bits per heavy atom. The van der Waals surface area contributed by atoms with Crippen molar-refractivity contribution in [2.75, 3.05) is 31.2 Å². The van der Waals surface area contributed by atoms with E-state index in [4.69, 9.17) is 4.74 Å². The van der Waals surface area contributed by atoms with E-state index in [0.717, 1.165) is 36.8 Å². The lowest BCUT2D eigenvalue weighted by atomic mass is 9.65. The van der Waals surface area contributed by atoms with Crippen LogP contribution in [0.15, 0.2) is 0 Å². The number of rotatable bonds is 4. The molecule has 2 saturated heterocycles. The molecule has 2 nitrogen and oxygen atoms in total. The summed E-state index contributed by atoms with van der Waals surface area (Å²) in [6.45, 7) is 8.08. The number of nitrogens with one attached hydrogen (secondary N) is 1. The SMILES string of the molecule is CCNCC1CCC(C)CC1C1CCOC2(CCSC2)C1. The molecule has 0 amide bonds. The maximum absolute atomic E-state index is 6.25. The van der Waals surface area contributed by atoms with Crippen LogP contribution in [0.1, 0.15) is 52.4 Å². The first kappa shape index (κ1) is 16.1. The van der Waals surface area contributed by atoms with Crippen LogP contribution in [0.25, 0.3) is 0 Å². The monoisotopic (exact) mass is 311 g/mol. The van der Waals surface area contributed by atoms with Crippen LogP contribution in [-0.2, 0) is 4.74 Å². The summed E-state index contributed by atoms with van der Waals surface area (Å²) in [6, 6.07) is 0. The van der Waals surface area contributed by atoms with E-state index in [0.29, 0.717) is 0 Å². The van der Waals surface area contributed by atoms with E-state index < -0.39 is 0 Å². The molecule has 5 atom stereocenters. The lowest BCUT2D eigenvalue weighted by Gasteiger charge is -2.46. The predicted molar refractivity (Wildman–Crippen MR) is 91.9 cm³/mol. The summed E-state index contributed by atoms with van der Waals surface area (Å²) in [5.41, 5.74) is 0.261. The molecule has 2 aliphatic heterocycles. The molecule has 0 aromatic carbocycles. The zero-order valence-electron chi connectivity index (χ0n) is 13.9. The van der Waals surface area contributed by atoms with E-state index in [2.05, 4.69) is 30.9 Å². The van der Waals surface area contributed by atoms with E-state index >= 15 is 0 Å². The van der Waals surface area contributed by atoms with Crippen molar-refractivity contribution in [1.82, 2.24) is 5.32 Å². The largest absolute Gasteiger partial charge is 0.374 e. The molecule has 0 aromatic heterocycles. The van der Waals surface area contributed by atoms with Crippen molar-refractivity contribution in [2.45, 2.75) is 58.0 Å². The van der Waals surface area contributed by atoms with Crippen molar-refractivity contribution in [3.8, 4) is 0 Å². The molecule has 3 fully saturated rings. The quantitative estimate of drug-likeness (QED) is 0.849. The molecular weight excluding hydrogens is 278 g/mol. The van der Waals surface area contributed by atoms with Crippen molar-refractivity contribution in [2.24, 2.45) is 23.7 Å². The summed E-state index contributed by atoms with van der Waals surface area (Å²) >= 11 is 2.11. The average molecular weight is 312 g/mol. The van der Waals surface area contributed by atoms with Crippen molar-refractivity contribution in [3.05, 3.63) is 0 Å². The highest BCUT2D eigenvalue weighted by atomic mass is 32.2. The normalized spacial score (nSPS) is 44.3. The fourth-order valence-corrected chi connectivity index (χ4v) is 6.32. The van der Waals surface area contributed by atoms with E-state index in [1.807, 2.05) is 0 Å². The van der Waals surface area contributed by atoms with E-state index in [1.54, 1.807) is 0 Å². The second-order valence-corrected chi connectivity index (χ2v) is 8.84. The Kier molecular flexibility index (Phi) is 5.55. The van der Waals surface area contributed by atoms with Crippen LogP contribution in [0, 0.1) is 23.7 Å². The van der Waals surface area contributed by atoms with Gasteiger partial charge in [0.1, 0.15) is 0 Å². The van der Waals surface area contributed by atoms with Crippen molar-refractivity contribution in [1.29, 1.82) is 0 Å². The van der Waals surface area contributed by atoms with Crippen LogP contribution in [0.2, 0.25) is 0 Å². The lowest BCUT2D eigenvalue weighted by Crippen LogP contribution is -2.45. The number of hydrogen-bond acceptors (Lipinski definition) is 3. The third-order valence-electron chi connectivity index (χ3n) is 6.17. The Morgan fingerprint density at radius 2 is 2.19 bits per heavy atom. The summed E-state index contributed by atoms with van der Waals surface area (Å²) in [7, 11) is 0. The highest BCUT2D eigenvalue weighted by Crippen LogP contribution is 2.47. The molecular formula is C18H33NOS. The Labute approximate surface area is 135 Å². The van der Waals surface area contributed by atoms with Gasteiger partial charge in [-0.05, 0) is 74.6 Å². The Bertz CT molecular complexity index is 327. The zero-order valence-corrected chi connectivity index (χ0v) is 14.7. The second kappa shape index (κ2) is 7.23. The fourth-order valence-electron chi connectivity index (χ4n) is 4.94. The first-order valence-corrected chi connectivity index (χ1v) is 10.3. The summed E-state index contributed by atoms with van der Waals surface area (Å²) < 4.78 is 6.25. The second-order valence-electron chi connectivity index (χ2n) is 7.74. The molecule has 3 rings (SSSR count). The van der Waals surface area contributed by atoms with Crippen molar-refractivity contribution < 1.29 is 4.74 Å². The van der Waals surface area contributed by atoms with Crippen LogP contribution in [0.3, 0.4) is 0 Å². The van der Waals surface area contributed by atoms with Gasteiger partial charge < -0.3 is 10.1 Å². The minimum Gasteiger partial charge on any atom is -0.374 e. The lowest BCUT2D eigenvalue weighted by molar-refractivity contribution is -0.0984. The van der Waals surface area contributed by atoms with Gasteiger partial charge in [0.25, 0.3) is 0 Å². The van der Waals surface area contributed by atoms with Crippen LogP contribution in [0.5, 0.6) is 0 Å². The van der Waals surface area contributed by atoms with E-state index in [9.17, 15) is 0 Å². The number of ether oxygens (including phenoxy) is 1. The van der Waals surface area contributed by atoms with Crippen LogP contribution in [0.4, 0.5) is 0 Å². The molecule has 21 heavy (non-hydrogen) atoms. The van der Waals surface area contributed by atoms with Gasteiger partial charge in [-0.2, -0.15) is 11.8 Å². The smallest absolute Gasteiger partial charge is 0.0783 e. The first-order chi connectivity index (χ1) is 10.2. The number of thioether (sulfide) groups is 1. The minimum absolute atomic E-state index is 0.261. The molecule has 2 heterocycles. The highest BCUT2D eigenvalue weighted by molar-refractivity contribution is 7.99. The molecule has 122 valence electrons. The summed E-state index contributed by atoms with van der Waals surface area (Å²) in [5.74, 6) is 6.28. The third-order valence-corrected chi connectivity index (χ3v) is 7.39. The Hall–Kier alpha value is 0.270. The van der Waals surface area contributed by atoms with Gasteiger partial charge in [0, 0.05) is 12.4 Å². The van der Waals surface area contributed by atoms with Crippen molar-refractivity contribution >= 4 is 11.8 Å². The van der Waals surface area contributed by atoms with E-state index in [1.165, 1.54) is 56.6 Å². The molecule has 0 aromatic rings. The molecule has 3 heteroatoms. The van der Waals surface area contributed by atoms with E-state index in [-0.39, 0.29) is 5.60 Å². The molecule has 1 spiro atoms. The van der Waals surface area contributed by atoms with Gasteiger partial charge in [-0.3, -0.25) is 0 Å². The maximum Gasteiger partial charge on any atom is 0.0783 e. The molecule has 1 N–H and O–H groups in total. The van der Waals surface area contributed by atoms with Gasteiger partial charge in [0.15, 0.2) is 0 Å². The summed E-state index contributed by atoms with van der Waals surface area (Å²) in [6.07, 6.45) is 8.30. The molecule has 1 aliphatic carbocycles. The zero-order chi connectivity index (χ0) is 14.7. The minimum atomic E-state index is 0.261. The molecule has 0 radical (unpaired) electrons. The number of hydrogen-bond donors (Lipinski definition) is 1. The van der Waals surface area contributed by atoms with Gasteiger partial charge in [-0.1, -0.05) is 20.3 Å². The van der Waals surface area contributed by atoms with Crippen LogP contribution >= 0.6 is 11.8 Å². The molecule has 5 unspecified atom stereocenters. The summed E-state index contributed by atoms with van der Waals surface area (Å²) in [5, 5.41) is 3.63. The van der Waals surface area contributed by atoms with Gasteiger partial charge in [0.05, 0.1) is 5.60 Å². The Morgan fingerprint density at radius 3 is 2.95 bits per heavy atom. The average Bonchev–Trinajstić information content (AvgIpc) is 2.94. The summed E-state index contributed by atoms with van der Waals surface area (Å²) in [4.78, 5) is 0. The third kappa shape index (κ3) is 3.79. The van der Waals surface area contributed by atoms with Gasteiger partial charge >= 0.3 is 0 Å².